The average Bonchev–Trinajstić information content (AvgIpc) is 3.17. The Hall–Kier alpha value is -3.85. The van der Waals surface area contributed by atoms with Crippen molar-refractivity contribution in [2.45, 2.75) is 12.8 Å². The van der Waals surface area contributed by atoms with Crippen LogP contribution in [-0.2, 0) is 11.2 Å². The van der Waals surface area contributed by atoms with Crippen molar-refractivity contribution in [3.05, 3.63) is 64.8 Å². The quantitative estimate of drug-likeness (QED) is 0.590. The van der Waals surface area contributed by atoms with Crippen LogP contribution < -0.4 is 9.47 Å². The van der Waals surface area contributed by atoms with E-state index in [2.05, 4.69) is 6.08 Å². The van der Waals surface area contributed by atoms with Gasteiger partial charge < -0.3 is 14.2 Å². The Labute approximate surface area is 174 Å². The Morgan fingerprint density at radius 2 is 1.93 bits per heavy atom. The molecule has 1 heterocycles. The van der Waals surface area contributed by atoms with Gasteiger partial charge in [0.25, 0.3) is 0 Å². The van der Waals surface area contributed by atoms with E-state index in [1.165, 1.54) is 0 Å². The summed E-state index contributed by atoms with van der Waals surface area (Å²) >= 11 is 0. The molecule has 0 fully saturated rings. The molecule has 1 aromatic heterocycles. The number of nitrogens with zero attached hydrogens (tertiary/aromatic N) is 2. The number of nitriles is 1. The monoisotopic (exact) mass is 400 g/mol. The number of fused-ring (bicyclic) bond motifs is 2. The first kappa shape index (κ1) is 19.5. The fourth-order valence-corrected chi connectivity index (χ4v) is 3.83. The molecular formula is C24H20N2O4. The van der Waals surface area contributed by atoms with E-state index in [0.717, 1.165) is 39.7 Å². The topological polar surface area (TPSA) is 81.4 Å². The van der Waals surface area contributed by atoms with Crippen LogP contribution in [0, 0.1) is 11.3 Å². The van der Waals surface area contributed by atoms with Crippen LogP contribution >= 0.6 is 0 Å². The highest BCUT2D eigenvalue weighted by molar-refractivity contribution is 6.07. The molecule has 1 aliphatic rings. The largest absolute Gasteiger partial charge is 0.493 e. The zero-order valence-electron chi connectivity index (χ0n) is 16.8. The average molecular weight is 400 g/mol. The second-order valence-corrected chi connectivity index (χ2v) is 6.85. The predicted octanol–water partition coefficient (Wildman–Crippen LogP) is 4.42. The number of rotatable bonds is 5. The summed E-state index contributed by atoms with van der Waals surface area (Å²) in [4.78, 5) is 17.6. The van der Waals surface area contributed by atoms with E-state index >= 15 is 0 Å². The van der Waals surface area contributed by atoms with E-state index in [0.29, 0.717) is 23.5 Å². The van der Waals surface area contributed by atoms with Crippen LogP contribution in [0.4, 0.5) is 0 Å². The Morgan fingerprint density at radius 3 is 2.70 bits per heavy atom. The number of hydrogen-bond acceptors (Lipinski definition) is 6. The molecule has 1 aliphatic carbocycles. The fourth-order valence-electron chi connectivity index (χ4n) is 3.83. The Balaban J connectivity index is 1.83. The smallest absolute Gasteiger partial charge is 0.340 e. The first-order chi connectivity index (χ1) is 14.7. The SMILES string of the molecule is COc1ccc(C=C2CCc3c2nc2ccccc2c3C(=O)OCC#N)cc1OC. The van der Waals surface area contributed by atoms with E-state index in [9.17, 15) is 4.79 Å². The summed E-state index contributed by atoms with van der Waals surface area (Å²) in [5, 5.41) is 9.53. The Bertz CT molecular complexity index is 1210. The number of esters is 1. The van der Waals surface area contributed by atoms with Gasteiger partial charge in [-0.15, -0.1) is 0 Å². The summed E-state index contributed by atoms with van der Waals surface area (Å²) in [7, 11) is 3.21. The molecule has 6 heteroatoms. The number of para-hydroxylation sites is 1. The summed E-state index contributed by atoms with van der Waals surface area (Å²) in [6.07, 6.45) is 3.49. The molecule has 0 N–H and O–H groups in total. The van der Waals surface area contributed by atoms with E-state index in [4.69, 9.17) is 24.5 Å². The zero-order valence-corrected chi connectivity index (χ0v) is 16.8. The maximum atomic E-state index is 12.7. The summed E-state index contributed by atoms with van der Waals surface area (Å²) in [5.74, 6) is 0.828. The van der Waals surface area contributed by atoms with E-state index in [1.54, 1.807) is 14.2 Å². The number of benzene rings is 2. The van der Waals surface area contributed by atoms with Gasteiger partial charge in [0, 0.05) is 5.39 Å². The number of methoxy groups -OCH3 is 2. The molecule has 150 valence electrons. The van der Waals surface area contributed by atoms with Crippen molar-refractivity contribution in [1.29, 1.82) is 5.26 Å². The van der Waals surface area contributed by atoms with Gasteiger partial charge in [-0.1, -0.05) is 24.3 Å². The molecular weight excluding hydrogens is 380 g/mol. The molecule has 0 aliphatic heterocycles. The number of carbonyl (C=O) groups is 1. The minimum atomic E-state index is -0.487. The van der Waals surface area contributed by atoms with Gasteiger partial charge in [0.1, 0.15) is 6.07 Å². The first-order valence-corrected chi connectivity index (χ1v) is 9.55. The normalized spacial score (nSPS) is 13.7. The Morgan fingerprint density at radius 1 is 1.13 bits per heavy atom. The van der Waals surface area contributed by atoms with Crippen molar-refractivity contribution in [3.63, 3.8) is 0 Å². The number of pyridine rings is 1. The van der Waals surface area contributed by atoms with Crippen LogP contribution in [0.5, 0.6) is 11.5 Å². The lowest BCUT2D eigenvalue weighted by Crippen LogP contribution is -2.10. The third kappa shape index (κ3) is 3.46. The summed E-state index contributed by atoms with van der Waals surface area (Å²) in [5.41, 5.74) is 4.88. The highest BCUT2D eigenvalue weighted by atomic mass is 16.5. The highest BCUT2D eigenvalue weighted by Crippen LogP contribution is 2.38. The molecule has 0 saturated heterocycles. The lowest BCUT2D eigenvalue weighted by Gasteiger charge is -2.11. The number of allylic oxidation sites excluding steroid dienone is 1. The van der Waals surface area contributed by atoms with Crippen LogP contribution in [0.15, 0.2) is 42.5 Å². The van der Waals surface area contributed by atoms with Crippen LogP contribution in [0.25, 0.3) is 22.6 Å². The maximum Gasteiger partial charge on any atom is 0.340 e. The van der Waals surface area contributed by atoms with E-state index in [-0.39, 0.29) is 6.61 Å². The van der Waals surface area contributed by atoms with Gasteiger partial charge in [0.15, 0.2) is 18.1 Å². The molecule has 4 rings (SSSR count). The predicted molar refractivity (Wildman–Crippen MR) is 113 cm³/mol. The standard InChI is InChI=1S/C24H20N2O4/c1-28-20-10-7-15(14-21(20)29-2)13-16-8-9-18-22(24(27)30-12-11-25)17-5-3-4-6-19(17)26-23(16)18/h3-7,10,13-14H,8-9,12H2,1-2H3. The van der Waals surface area contributed by atoms with Gasteiger partial charge >= 0.3 is 5.97 Å². The van der Waals surface area contributed by atoms with Gasteiger partial charge in [0.2, 0.25) is 0 Å². The minimum absolute atomic E-state index is 0.279. The van der Waals surface area contributed by atoms with Crippen molar-refractivity contribution < 1.29 is 19.0 Å². The van der Waals surface area contributed by atoms with Gasteiger partial charge in [-0.25, -0.2) is 9.78 Å². The maximum absolute atomic E-state index is 12.7. The number of carbonyl (C=O) groups excluding carboxylic acids is 1. The van der Waals surface area contributed by atoms with Crippen LogP contribution in [0.1, 0.15) is 33.6 Å². The highest BCUT2D eigenvalue weighted by Gasteiger charge is 2.27. The van der Waals surface area contributed by atoms with Crippen molar-refractivity contribution >= 4 is 28.5 Å². The molecule has 0 unspecified atom stereocenters. The molecule has 6 nitrogen and oxygen atoms in total. The number of hydrogen-bond donors (Lipinski definition) is 0. The van der Waals surface area contributed by atoms with E-state index in [1.807, 2.05) is 48.5 Å². The second-order valence-electron chi connectivity index (χ2n) is 6.85. The van der Waals surface area contributed by atoms with Gasteiger partial charge in [-0.05, 0) is 53.8 Å². The molecule has 3 aromatic rings. The molecule has 0 bridgehead atoms. The van der Waals surface area contributed by atoms with Crippen LogP contribution in [0.3, 0.4) is 0 Å². The summed E-state index contributed by atoms with van der Waals surface area (Å²) < 4.78 is 15.8. The zero-order chi connectivity index (χ0) is 21.1. The Kier molecular flexibility index (Phi) is 5.36. The fraction of sp³-hybridized carbons (Fsp3) is 0.208. The van der Waals surface area contributed by atoms with Crippen molar-refractivity contribution in [2.75, 3.05) is 20.8 Å². The third-order valence-electron chi connectivity index (χ3n) is 5.16. The van der Waals surface area contributed by atoms with Crippen LogP contribution in [-0.4, -0.2) is 31.8 Å². The molecule has 0 radical (unpaired) electrons. The third-order valence-corrected chi connectivity index (χ3v) is 5.16. The number of aromatic nitrogens is 1. The van der Waals surface area contributed by atoms with Crippen molar-refractivity contribution in [3.8, 4) is 17.6 Å². The molecule has 2 aromatic carbocycles. The van der Waals surface area contributed by atoms with Crippen molar-refractivity contribution in [2.24, 2.45) is 0 Å². The summed E-state index contributed by atoms with van der Waals surface area (Å²) in [6, 6.07) is 15.1. The van der Waals surface area contributed by atoms with Gasteiger partial charge in [-0.3, -0.25) is 0 Å². The first-order valence-electron chi connectivity index (χ1n) is 9.55. The lowest BCUT2D eigenvalue weighted by molar-refractivity contribution is 0.0556. The molecule has 0 saturated carbocycles. The van der Waals surface area contributed by atoms with Crippen LogP contribution in [0.2, 0.25) is 0 Å². The van der Waals surface area contributed by atoms with Gasteiger partial charge in [0.05, 0.1) is 31.0 Å². The molecule has 0 amide bonds. The van der Waals surface area contributed by atoms with E-state index < -0.39 is 5.97 Å². The van der Waals surface area contributed by atoms with Crippen molar-refractivity contribution in [1.82, 2.24) is 4.98 Å². The molecule has 30 heavy (non-hydrogen) atoms. The molecule has 0 spiro atoms. The number of ether oxygens (including phenoxy) is 3. The minimum Gasteiger partial charge on any atom is -0.493 e. The summed E-state index contributed by atoms with van der Waals surface area (Å²) in [6.45, 7) is -0.279. The molecule has 0 atom stereocenters. The second kappa shape index (κ2) is 8.26. The lowest BCUT2D eigenvalue weighted by atomic mass is 10.0. The van der Waals surface area contributed by atoms with Gasteiger partial charge in [-0.2, -0.15) is 5.26 Å².